The minimum Gasteiger partial charge on any atom is -0.310 e. The van der Waals surface area contributed by atoms with Gasteiger partial charge in [0, 0.05) is 12.3 Å². The monoisotopic (exact) mass is 355 g/mol. The van der Waals surface area contributed by atoms with Crippen molar-refractivity contribution < 1.29 is 18.0 Å². The van der Waals surface area contributed by atoms with Gasteiger partial charge in [-0.25, -0.2) is 4.98 Å². The third kappa shape index (κ3) is 2.91. The fourth-order valence-corrected chi connectivity index (χ4v) is 3.15. The van der Waals surface area contributed by atoms with E-state index in [1.807, 2.05) is 0 Å². The van der Waals surface area contributed by atoms with Crippen LogP contribution in [0.4, 0.5) is 19.0 Å². The van der Waals surface area contributed by atoms with Crippen molar-refractivity contribution in [1.29, 1.82) is 0 Å². The highest BCUT2D eigenvalue weighted by molar-refractivity contribution is 7.98. The molecule has 2 aromatic rings. The average molecular weight is 355 g/mol. The Labute approximate surface area is 138 Å². The highest BCUT2D eigenvalue weighted by Crippen LogP contribution is 2.41. The van der Waals surface area contributed by atoms with Crippen LogP contribution in [0.5, 0.6) is 0 Å². The maximum atomic E-state index is 13.3. The molecule has 1 aromatic heterocycles. The molecule has 1 aliphatic rings. The zero-order chi connectivity index (χ0) is 17.5. The van der Waals surface area contributed by atoms with Gasteiger partial charge in [-0.1, -0.05) is 30.0 Å². The number of aromatic amines is 1. The molecule has 3 rings (SSSR count). The number of anilines is 1. The molecule has 2 heterocycles. The smallest absolute Gasteiger partial charge is 0.310 e. The molecule has 0 radical (unpaired) electrons. The van der Waals surface area contributed by atoms with E-state index in [0.29, 0.717) is 0 Å². The number of fused-ring (bicyclic) bond motifs is 1. The van der Waals surface area contributed by atoms with Gasteiger partial charge in [-0.2, -0.15) is 13.2 Å². The van der Waals surface area contributed by atoms with E-state index in [1.165, 1.54) is 18.2 Å². The SMILES string of the molecule is CSc1nc2c(c(=O)[nH]1)[C@H](c1ccccc1C(F)(F)F)CC(=O)N2. The van der Waals surface area contributed by atoms with Gasteiger partial charge in [-0.3, -0.25) is 9.59 Å². The lowest BCUT2D eigenvalue weighted by atomic mass is 9.84. The number of hydrogen-bond acceptors (Lipinski definition) is 4. The lowest BCUT2D eigenvalue weighted by molar-refractivity contribution is -0.138. The Balaban J connectivity index is 2.23. The first-order valence-electron chi connectivity index (χ1n) is 6.95. The van der Waals surface area contributed by atoms with Crippen molar-refractivity contribution in [2.45, 2.75) is 23.7 Å². The van der Waals surface area contributed by atoms with Gasteiger partial charge in [-0.15, -0.1) is 0 Å². The largest absolute Gasteiger partial charge is 0.416 e. The number of thioether (sulfide) groups is 1. The normalized spacial score (nSPS) is 17.3. The molecular weight excluding hydrogens is 343 g/mol. The second-order valence-corrected chi connectivity index (χ2v) is 6.02. The van der Waals surface area contributed by atoms with Crippen LogP contribution in [0.15, 0.2) is 34.2 Å². The van der Waals surface area contributed by atoms with Gasteiger partial charge in [-0.05, 0) is 17.9 Å². The van der Waals surface area contributed by atoms with Gasteiger partial charge in [0.15, 0.2) is 5.16 Å². The summed E-state index contributed by atoms with van der Waals surface area (Å²) in [7, 11) is 0. The fraction of sp³-hybridized carbons (Fsp3) is 0.267. The average Bonchev–Trinajstić information content (AvgIpc) is 2.52. The molecular formula is C15H12F3N3O2S. The first-order valence-corrected chi connectivity index (χ1v) is 8.18. The van der Waals surface area contributed by atoms with Crippen LogP contribution in [0, 0.1) is 0 Å². The molecule has 1 aliphatic heterocycles. The van der Waals surface area contributed by atoms with Crippen molar-refractivity contribution in [2.75, 3.05) is 11.6 Å². The molecule has 0 fully saturated rings. The van der Waals surface area contributed by atoms with E-state index < -0.39 is 29.1 Å². The number of amides is 1. The van der Waals surface area contributed by atoms with Crippen LogP contribution in [0.2, 0.25) is 0 Å². The minimum absolute atomic E-state index is 0.0151. The second kappa shape index (κ2) is 5.97. The number of hydrogen-bond donors (Lipinski definition) is 2. The Kier molecular flexibility index (Phi) is 4.12. The summed E-state index contributed by atoms with van der Waals surface area (Å²) < 4.78 is 39.9. The van der Waals surface area contributed by atoms with Crippen molar-refractivity contribution in [3.05, 3.63) is 51.3 Å². The van der Waals surface area contributed by atoms with Crippen LogP contribution >= 0.6 is 11.8 Å². The number of aromatic nitrogens is 2. The van der Waals surface area contributed by atoms with Crippen molar-refractivity contribution in [1.82, 2.24) is 9.97 Å². The molecule has 1 aromatic carbocycles. The Morgan fingerprint density at radius 2 is 1.96 bits per heavy atom. The zero-order valence-corrected chi connectivity index (χ0v) is 13.2. The van der Waals surface area contributed by atoms with Gasteiger partial charge in [0.2, 0.25) is 5.91 Å². The number of alkyl halides is 3. The van der Waals surface area contributed by atoms with Crippen LogP contribution in [0.1, 0.15) is 29.0 Å². The minimum atomic E-state index is -4.58. The highest BCUT2D eigenvalue weighted by atomic mass is 32.2. The summed E-state index contributed by atoms with van der Waals surface area (Å²) in [5, 5.41) is 2.75. The highest BCUT2D eigenvalue weighted by Gasteiger charge is 2.39. The summed E-state index contributed by atoms with van der Waals surface area (Å²) in [6, 6.07) is 4.96. The number of H-pyrrole nitrogens is 1. The number of halogens is 3. The molecule has 0 bridgehead atoms. The summed E-state index contributed by atoms with van der Waals surface area (Å²) in [6.45, 7) is 0. The van der Waals surface area contributed by atoms with Crippen molar-refractivity contribution in [3.8, 4) is 0 Å². The maximum Gasteiger partial charge on any atom is 0.416 e. The number of carbonyl (C=O) groups is 1. The summed E-state index contributed by atoms with van der Waals surface area (Å²) >= 11 is 1.16. The number of rotatable bonds is 2. The Hall–Kier alpha value is -2.29. The van der Waals surface area contributed by atoms with E-state index in [0.717, 1.165) is 17.8 Å². The van der Waals surface area contributed by atoms with Gasteiger partial charge in [0.05, 0.1) is 11.1 Å². The lowest BCUT2D eigenvalue weighted by Gasteiger charge is -2.26. The Morgan fingerprint density at radius 3 is 2.62 bits per heavy atom. The molecule has 2 N–H and O–H groups in total. The summed E-state index contributed by atoms with van der Waals surface area (Å²) in [4.78, 5) is 30.9. The summed E-state index contributed by atoms with van der Waals surface area (Å²) in [5.41, 5.74) is -1.47. The van der Waals surface area contributed by atoms with E-state index in [2.05, 4.69) is 15.3 Å². The molecule has 9 heteroatoms. The van der Waals surface area contributed by atoms with Crippen molar-refractivity contribution in [3.63, 3.8) is 0 Å². The van der Waals surface area contributed by atoms with Crippen molar-refractivity contribution >= 4 is 23.5 Å². The third-order valence-electron chi connectivity index (χ3n) is 3.76. The predicted molar refractivity (Wildman–Crippen MR) is 83.2 cm³/mol. The number of nitrogens with zero attached hydrogens (tertiary/aromatic N) is 1. The van der Waals surface area contributed by atoms with Crippen LogP contribution in [0.3, 0.4) is 0 Å². The molecule has 126 valence electrons. The van der Waals surface area contributed by atoms with Crippen LogP contribution in [0.25, 0.3) is 0 Å². The molecule has 5 nitrogen and oxygen atoms in total. The standard InChI is InChI=1S/C15H12F3N3O2S/c1-24-14-20-12-11(13(23)21-14)8(6-10(22)19-12)7-4-2-3-5-9(7)15(16,17)18/h2-5,8H,6H2,1H3,(H2,19,20,21,22,23)/t8-/m0/s1. The molecule has 1 amide bonds. The predicted octanol–water partition coefficient (Wildman–Crippen LogP) is 2.98. The topological polar surface area (TPSA) is 74.8 Å². The molecule has 24 heavy (non-hydrogen) atoms. The van der Waals surface area contributed by atoms with E-state index in [9.17, 15) is 22.8 Å². The zero-order valence-electron chi connectivity index (χ0n) is 12.4. The van der Waals surface area contributed by atoms with E-state index in [1.54, 1.807) is 6.26 Å². The fourth-order valence-electron chi connectivity index (χ4n) is 2.77. The van der Waals surface area contributed by atoms with Gasteiger partial charge < -0.3 is 10.3 Å². The molecule has 1 atom stereocenters. The van der Waals surface area contributed by atoms with Crippen LogP contribution < -0.4 is 10.9 Å². The third-order valence-corrected chi connectivity index (χ3v) is 4.34. The van der Waals surface area contributed by atoms with Crippen LogP contribution in [-0.2, 0) is 11.0 Å². The van der Waals surface area contributed by atoms with Gasteiger partial charge >= 0.3 is 6.18 Å². The number of nitrogens with one attached hydrogen (secondary N) is 2. The number of carbonyl (C=O) groups excluding carboxylic acids is 1. The maximum absolute atomic E-state index is 13.3. The molecule has 0 spiro atoms. The molecule has 0 aliphatic carbocycles. The van der Waals surface area contributed by atoms with E-state index in [4.69, 9.17) is 0 Å². The molecule has 0 unspecified atom stereocenters. The van der Waals surface area contributed by atoms with E-state index >= 15 is 0 Å². The Bertz CT molecular complexity index is 864. The first-order chi connectivity index (χ1) is 11.3. The molecule has 0 saturated heterocycles. The van der Waals surface area contributed by atoms with E-state index in [-0.39, 0.29) is 28.5 Å². The number of benzene rings is 1. The lowest BCUT2D eigenvalue weighted by Crippen LogP contribution is -2.32. The first kappa shape index (κ1) is 16.6. The second-order valence-electron chi connectivity index (χ2n) is 5.23. The Morgan fingerprint density at radius 1 is 1.25 bits per heavy atom. The molecule has 0 saturated carbocycles. The van der Waals surface area contributed by atoms with Gasteiger partial charge in [0.1, 0.15) is 5.82 Å². The summed E-state index contributed by atoms with van der Waals surface area (Å²) in [5.74, 6) is -1.46. The quantitative estimate of drug-likeness (QED) is 0.642. The van der Waals surface area contributed by atoms with Gasteiger partial charge in [0.25, 0.3) is 5.56 Å². The van der Waals surface area contributed by atoms with Crippen LogP contribution in [-0.4, -0.2) is 22.1 Å². The summed E-state index contributed by atoms with van der Waals surface area (Å²) in [6.07, 6.45) is -3.14. The van der Waals surface area contributed by atoms with Crippen molar-refractivity contribution in [2.24, 2.45) is 0 Å².